The summed E-state index contributed by atoms with van der Waals surface area (Å²) >= 11 is 0. The Morgan fingerprint density at radius 3 is 2.41 bits per heavy atom. The SMILES string of the molecule is CCCCCOC(C)CCC/C=C/c1ccc(-c2ccc(-c3ccc(O)c(F)c3F)cc2)nc1. The first-order valence-electron chi connectivity index (χ1n) is 12.0. The summed E-state index contributed by atoms with van der Waals surface area (Å²) in [4.78, 5) is 4.53. The highest BCUT2D eigenvalue weighted by Gasteiger charge is 2.14. The molecular weight excluding hydrogens is 432 g/mol. The van der Waals surface area contributed by atoms with E-state index in [9.17, 15) is 13.9 Å². The smallest absolute Gasteiger partial charge is 0.200 e. The van der Waals surface area contributed by atoms with E-state index in [2.05, 4.69) is 31.0 Å². The van der Waals surface area contributed by atoms with Crippen LogP contribution in [0.25, 0.3) is 28.5 Å². The molecule has 0 aliphatic heterocycles. The van der Waals surface area contributed by atoms with E-state index in [0.29, 0.717) is 11.7 Å². The zero-order valence-corrected chi connectivity index (χ0v) is 19.9. The summed E-state index contributed by atoms with van der Waals surface area (Å²) in [7, 11) is 0. The average Bonchev–Trinajstić information content (AvgIpc) is 2.86. The molecule has 0 aliphatic carbocycles. The standard InChI is InChI=1S/C29H33F2NO2/c1-3-4-8-19-34-21(2)9-6-5-7-10-22-11-17-26(32-20-22)24-14-12-23(13-15-24)25-16-18-27(33)29(31)28(25)30/h7,10-18,20-21,33H,3-6,8-9,19H2,1-2H3/b10-7+. The molecule has 2 aromatic carbocycles. The summed E-state index contributed by atoms with van der Waals surface area (Å²) in [6, 6.07) is 13.6. The van der Waals surface area contributed by atoms with Crippen molar-refractivity contribution in [1.82, 2.24) is 4.98 Å². The maximum Gasteiger partial charge on any atom is 0.200 e. The molecule has 0 saturated heterocycles. The number of hydrogen-bond donors (Lipinski definition) is 1. The first kappa shape index (κ1) is 25.6. The van der Waals surface area contributed by atoms with Crippen LogP contribution in [0.3, 0.4) is 0 Å². The second-order valence-electron chi connectivity index (χ2n) is 8.54. The van der Waals surface area contributed by atoms with Crippen molar-refractivity contribution in [2.75, 3.05) is 6.61 Å². The van der Waals surface area contributed by atoms with Gasteiger partial charge in [-0.05, 0) is 61.9 Å². The van der Waals surface area contributed by atoms with Gasteiger partial charge in [0.05, 0.1) is 11.8 Å². The summed E-state index contributed by atoms with van der Waals surface area (Å²) in [5.74, 6) is -2.99. The number of nitrogens with zero attached hydrogens (tertiary/aromatic N) is 1. The molecule has 34 heavy (non-hydrogen) atoms. The third-order valence-corrected chi connectivity index (χ3v) is 5.78. The molecule has 1 heterocycles. The summed E-state index contributed by atoms with van der Waals surface area (Å²) < 4.78 is 33.6. The van der Waals surface area contributed by atoms with Gasteiger partial charge in [0.25, 0.3) is 0 Å². The van der Waals surface area contributed by atoms with Crippen LogP contribution in [0.1, 0.15) is 57.9 Å². The zero-order chi connectivity index (χ0) is 24.3. The van der Waals surface area contributed by atoms with Gasteiger partial charge in [-0.25, -0.2) is 4.39 Å². The lowest BCUT2D eigenvalue weighted by molar-refractivity contribution is 0.0566. The summed E-state index contributed by atoms with van der Waals surface area (Å²) in [5.41, 5.74) is 3.35. The van der Waals surface area contributed by atoms with Gasteiger partial charge in [0, 0.05) is 23.9 Å². The van der Waals surface area contributed by atoms with Crippen LogP contribution < -0.4 is 0 Å². The molecule has 1 N–H and O–H groups in total. The Balaban J connectivity index is 1.50. The van der Waals surface area contributed by atoms with Crippen molar-refractivity contribution >= 4 is 6.08 Å². The topological polar surface area (TPSA) is 42.4 Å². The third-order valence-electron chi connectivity index (χ3n) is 5.78. The number of aromatic nitrogens is 1. The zero-order valence-electron chi connectivity index (χ0n) is 19.9. The normalized spacial score (nSPS) is 12.4. The lowest BCUT2D eigenvalue weighted by atomic mass is 10.0. The van der Waals surface area contributed by atoms with Gasteiger partial charge >= 0.3 is 0 Å². The van der Waals surface area contributed by atoms with E-state index in [1.165, 1.54) is 18.9 Å². The van der Waals surface area contributed by atoms with Gasteiger partial charge in [-0.2, -0.15) is 4.39 Å². The van der Waals surface area contributed by atoms with Crippen LogP contribution in [0.15, 0.2) is 60.8 Å². The number of unbranched alkanes of at least 4 members (excludes halogenated alkanes) is 3. The van der Waals surface area contributed by atoms with Gasteiger partial charge in [-0.15, -0.1) is 0 Å². The summed E-state index contributed by atoms with van der Waals surface area (Å²) in [6.07, 6.45) is 13.1. The molecule has 0 bridgehead atoms. The molecule has 3 aromatic rings. The minimum absolute atomic E-state index is 0.104. The molecule has 1 unspecified atom stereocenters. The number of allylic oxidation sites excluding steroid dienone is 1. The highest BCUT2D eigenvalue weighted by Crippen LogP contribution is 2.30. The molecule has 5 heteroatoms. The number of aromatic hydroxyl groups is 1. The quantitative estimate of drug-likeness (QED) is 0.274. The summed E-state index contributed by atoms with van der Waals surface area (Å²) in [5, 5.41) is 9.30. The average molecular weight is 466 g/mol. The van der Waals surface area contributed by atoms with Crippen molar-refractivity contribution in [2.24, 2.45) is 0 Å². The van der Waals surface area contributed by atoms with Crippen molar-refractivity contribution in [2.45, 2.75) is 58.5 Å². The Morgan fingerprint density at radius 2 is 1.71 bits per heavy atom. The van der Waals surface area contributed by atoms with E-state index in [1.54, 1.807) is 12.1 Å². The molecule has 180 valence electrons. The first-order chi connectivity index (χ1) is 16.5. The van der Waals surface area contributed by atoms with Crippen LogP contribution in [-0.4, -0.2) is 22.8 Å². The van der Waals surface area contributed by atoms with Gasteiger partial charge in [0.1, 0.15) is 0 Å². The van der Waals surface area contributed by atoms with E-state index in [0.717, 1.165) is 55.2 Å². The maximum atomic E-state index is 14.1. The minimum atomic E-state index is -1.24. The predicted molar refractivity (Wildman–Crippen MR) is 135 cm³/mol. The highest BCUT2D eigenvalue weighted by molar-refractivity contribution is 5.70. The Bertz CT molecular complexity index is 1060. The second kappa shape index (κ2) is 13.0. The molecule has 0 amide bonds. The summed E-state index contributed by atoms with van der Waals surface area (Å²) in [6.45, 7) is 5.20. The fourth-order valence-corrected chi connectivity index (χ4v) is 3.72. The molecule has 0 radical (unpaired) electrons. The molecule has 0 saturated carbocycles. The lowest BCUT2D eigenvalue weighted by Gasteiger charge is -2.11. The molecule has 1 atom stereocenters. The predicted octanol–water partition coefficient (Wildman–Crippen LogP) is 8.18. The number of benzene rings is 2. The number of phenols is 1. The molecule has 3 nitrogen and oxygen atoms in total. The van der Waals surface area contributed by atoms with Crippen LogP contribution in [0.2, 0.25) is 0 Å². The molecule has 0 fully saturated rings. The number of pyridine rings is 1. The van der Waals surface area contributed by atoms with Gasteiger partial charge in [0.2, 0.25) is 5.82 Å². The number of rotatable bonds is 12. The number of hydrogen-bond acceptors (Lipinski definition) is 3. The fraction of sp³-hybridized carbons (Fsp3) is 0.345. The third kappa shape index (κ3) is 7.22. The van der Waals surface area contributed by atoms with Crippen LogP contribution in [0.4, 0.5) is 8.78 Å². The molecule has 0 spiro atoms. The van der Waals surface area contributed by atoms with Crippen LogP contribution in [0, 0.1) is 11.6 Å². The van der Waals surface area contributed by atoms with E-state index in [4.69, 9.17) is 4.74 Å². The largest absolute Gasteiger partial charge is 0.505 e. The Hall–Kier alpha value is -3.05. The molecule has 0 aliphatic rings. The van der Waals surface area contributed by atoms with Crippen molar-refractivity contribution in [3.05, 3.63) is 78.0 Å². The van der Waals surface area contributed by atoms with Gasteiger partial charge in [0.15, 0.2) is 11.6 Å². The van der Waals surface area contributed by atoms with Gasteiger partial charge in [-0.1, -0.05) is 62.2 Å². The van der Waals surface area contributed by atoms with Crippen molar-refractivity contribution < 1.29 is 18.6 Å². The number of halogens is 2. The first-order valence-corrected chi connectivity index (χ1v) is 12.0. The molecular formula is C29H33F2NO2. The van der Waals surface area contributed by atoms with E-state index in [-0.39, 0.29) is 5.56 Å². The number of ether oxygens (including phenoxy) is 1. The second-order valence-corrected chi connectivity index (χ2v) is 8.54. The Labute approximate surface area is 201 Å². The van der Waals surface area contributed by atoms with E-state index >= 15 is 0 Å². The minimum Gasteiger partial charge on any atom is -0.505 e. The fourth-order valence-electron chi connectivity index (χ4n) is 3.72. The molecule has 3 rings (SSSR count). The van der Waals surface area contributed by atoms with E-state index < -0.39 is 17.4 Å². The highest BCUT2D eigenvalue weighted by atomic mass is 19.2. The monoisotopic (exact) mass is 465 g/mol. The van der Waals surface area contributed by atoms with Crippen molar-refractivity contribution in [3.8, 4) is 28.1 Å². The van der Waals surface area contributed by atoms with Gasteiger partial charge < -0.3 is 9.84 Å². The van der Waals surface area contributed by atoms with Crippen LogP contribution in [0.5, 0.6) is 5.75 Å². The number of phenolic OH excluding ortho intramolecular Hbond substituents is 1. The van der Waals surface area contributed by atoms with Crippen LogP contribution >= 0.6 is 0 Å². The van der Waals surface area contributed by atoms with Crippen molar-refractivity contribution in [3.63, 3.8) is 0 Å². The lowest BCUT2D eigenvalue weighted by Crippen LogP contribution is -2.08. The Kier molecular flexibility index (Phi) is 9.77. The van der Waals surface area contributed by atoms with Gasteiger partial charge in [-0.3, -0.25) is 4.98 Å². The van der Waals surface area contributed by atoms with Crippen LogP contribution in [-0.2, 0) is 4.74 Å². The van der Waals surface area contributed by atoms with E-state index in [1.807, 2.05) is 30.5 Å². The maximum absolute atomic E-state index is 14.1. The van der Waals surface area contributed by atoms with Crippen molar-refractivity contribution in [1.29, 1.82) is 0 Å². The Morgan fingerprint density at radius 1 is 0.941 bits per heavy atom. The molecule has 1 aromatic heterocycles.